The molecule has 9 heteroatoms. The Hall–Kier alpha value is -1.97. The fourth-order valence-electron chi connectivity index (χ4n) is 3.46. The summed E-state index contributed by atoms with van der Waals surface area (Å²) >= 11 is 0. The SMILES string of the molecule is C[C@@H]1CCCCN1S(=O)(=O)c1cccc(C(=O)OCC(=O)N2CCOCC2)c1. The van der Waals surface area contributed by atoms with Gasteiger partial charge in [0.15, 0.2) is 6.61 Å². The van der Waals surface area contributed by atoms with Crippen molar-refractivity contribution in [1.82, 2.24) is 9.21 Å². The molecule has 0 aliphatic carbocycles. The summed E-state index contributed by atoms with van der Waals surface area (Å²) < 4.78 is 37.7. The van der Waals surface area contributed by atoms with Crippen LogP contribution in [0.5, 0.6) is 0 Å². The summed E-state index contributed by atoms with van der Waals surface area (Å²) in [6, 6.07) is 5.73. The van der Waals surface area contributed by atoms with Crippen LogP contribution in [0, 0.1) is 0 Å². The fraction of sp³-hybridized carbons (Fsp3) is 0.579. The predicted molar refractivity (Wildman–Crippen MR) is 101 cm³/mol. The first-order valence-corrected chi connectivity index (χ1v) is 11.0. The van der Waals surface area contributed by atoms with E-state index in [-0.39, 0.29) is 29.0 Å². The molecule has 154 valence electrons. The second kappa shape index (κ2) is 9.02. The summed E-state index contributed by atoms with van der Waals surface area (Å²) in [6.07, 6.45) is 2.66. The second-order valence-electron chi connectivity index (χ2n) is 7.06. The maximum absolute atomic E-state index is 12.9. The van der Waals surface area contributed by atoms with Crippen LogP contribution in [-0.2, 0) is 24.3 Å². The first-order valence-electron chi connectivity index (χ1n) is 9.54. The third-order valence-electron chi connectivity index (χ3n) is 5.11. The summed E-state index contributed by atoms with van der Waals surface area (Å²) in [5, 5.41) is 0. The lowest BCUT2D eigenvalue weighted by Gasteiger charge is -2.32. The van der Waals surface area contributed by atoms with Crippen molar-refractivity contribution in [2.24, 2.45) is 0 Å². The van der Waals surface area contributed by atoms with Gasteiger partial charge in [0.1, 0.15) is 0 Å². The Balaban J connectivity index is 1.66. The van der Waals surface area contributed by atoms with Crippen molar-refractivity contribution >= 4 is 21.9 Å². The van der Waals surface area contributed by atoms with Gasteiger partial charge in [-0.05, 0) is 38.0 Å². The quantitative estimate of drug-likeness (QED) is 0.679. The largest absolute Gasteiger partial charge is 0.452 e. The smallest absolute Gasteiger partial charge is 0.338 e. The number of amides is 1. The number of ether oxygens (including phenoxy) is 2. The number of rotatable bonds is 5. The van der Waals surface area contributed by atoms with Gasteiger partial charge in [0.25, 0.3) is 5.91 Å². The molecule has 2 heterocycles. The van der Waals surface area contributed by atoms with Gasteiger partial charge >= 0.3 is 5.97 Å². The predicted octanol–water partition coefficient (Wildman–Crippen LogP) is 1.27. The zero-order chi connectivity index (χ0) is 20.1. The Morgan fingerprint density at radius 2 is 1.93 bits per heavy atom. The van der Waals surface area contributed by atoms with Crippen LogP contribution >= 0.6 is 0 Å². The Kier molecular flexibility index (Phi) is 6.69. The number of nitrogens with zero attached hydrogens (tertiary/aromatic N) is 2. The normalized spacial score (nSPS) is 21.3. The molecule has 2 aliphatic rings. The van der Waals surface area contributed by atoms with Crippen molar-refractivity contribution in [3.63, 3.8) is 0 Å². The van der Waals surface area contributed by atoms with Crippen LogP contribution in [-0.4, -0.2) is 75.0 Å². The molecule has 0 saturated carbocycles. The summed E-state index contributed by atoms with van der Waals surface area (Å²) in [6.45, 7) is 3.87. The summed E-state index contributed by atoms with van der Waals surface area (Å²) in [4.78, 5) is 26.1. The number of hydrogen-bond donors (Lipinski definition) is 0. The number of benzene rings is 1. The highest BCUT2D eigenvalue weighted by molar-refractivity contribution is 7.89. The van der Waals surface area contributed by atoms with Crippen molar-refractivity contribution in [2.75, 3.05) is 39.5 Å². The van der Waals surface area contributed by atoms with Crippen molar-refractivity contribution in [1.29, 1.82) is 0 Å². The Morgan fingerprint density at radius 3 is 2.64 bits per heavy atom. The van der Waals surface area contributed by atoms with Gasteiger partial charge in [-0.3, -0.25) is 4.79 Å². The topological polar surface area (TPSA) is 93.2 Å². The molecule has 28 heavy (non-hydrogen) atoms. The lowest BCUT2D eigenvalue weighted by Crippen LogP contribution is -2.42. The minimum Gasteiger partial charge on any atom is -0.452 e. The zero-order valence-electron chi connectivity index (χ0n) is 16.0. The highest BCUT2D eigenvalue weighted by Crippen LogP contribution is 2.25. The van der Waals surface area contributed by atoms with E-state index in [0.29, 0.717) is 32.8 Å². The maximum Gasteiger partial charge on any atom is 0.338 e. The molecule has 0 bridgehead atoms. The molecule has 1 aromatic carbocycles. The molecule has 1 aromatic rings. The molecule has 0 radical (unpaired) electrons. The van der Waals surface area contributed by atoms with Crippen LogP contribution in [0.2, 0.25) is 0 Å². The van der Waals surface area contributed by atoms with Crippen molar-refractivity contribution < 1.29 is 27.5 Å². The van der Waals surface area contributed by atoms with E-state index in [9.17, 15) is 18.0 Å². The van der Waals surface area contributed by atoms with Gasteiger partial charge in [-0.2, -0.15) is 4.31 Å². The van der Waals surface area contributed by atoms with E-state index in [1.54, 1.807) is 4.90 Å². The highest BCUT2D eigenvalue weighted by atomic mass is 32.2. The van der Waals surface area contributed by atoms with Gasteiger partial charge < -0.3 is 14.4 Å². The summed E-state index contributed by atoms with van der Waals surface area (Å²) in [5.41, 5.74) is 0.112. The lowest BCUT2D eigenvalue weighted by molar-refractivity contribution is -0.138. The Bertz CT molecular complexity index is 819. The van der Waals surface area contributed by atoms with Gasteiger partial charge in [0.2, 0.25) is 10.0 Å². The van der Waals surface area contributed by atoms with E-state index >= 15 is 0 Å². The van der Waals surface area contributed by atoms with Crippen LogP contribution < -0.4 is 0 Å². The molecule has 8 nitrogen and oxygen atoms in total. The van der Waals surface area contributed by atoms with Gasteiger partial charge in [0, 0.05) is 25.7 Å². The number of morpholine rings is 1. The van der Waals surface area contributed by atoms with E-state index in [4.69, 9.17) is 9.47 Å². The van der Waals surface area contributed by atoms with Gasteiger partial charge in [-0.15, -0.1) is 0 Å². The van der Waals surface area contributed by atoms with E-state index in [2.05, 4.69) is 0 Å². The summed E-state index contributed by atoms with van der Waals surface area (Å²) in [7, 11) is -3.68. The second-order valence-corrected chi connectivity index (χ2v) is 8.95. The van der Waals surface area contributed by atoms with Crippen LogP contribution in [0.3, 0.4) is 0 Å². The first-order chi connectivity index (χ1) is 13.4. The van der Waals surface area contributed by atoms with Crippen molar-refractivity contribution in [3.8, 4) is 0 Å². The van der Waals surface area contributed by atoms with Crippen LogP contribution in [0.25, 0.3) is 0 Å². The fourth-order valence-corrected chi connectivity index (χ4v) is 5.21. The highest BCUT2D eigenvalue weighted by Gasteiger charge is 2.31. The third-order valence-corrected chi connectivity index (χ3v) is 7.12. The van der Waals surface area contributed by atoms with E-state index in [1.807, 2.05) is 6.92 Å². The average Bonchev–Trinajstić information content (AvgIpc) is 2.72. The van der Waals surface area contributed by atoms with Crippen molar-refractivity contribution in [2.45, 2.75) is 37.1 Å². The first kappa shape index (κ1) is 20.8. The molecule has 2 fully saturated rings. The number of piperidine rings is 1. The minimum absolute atomic E-state index is 0.0650. The van der Waals surface area contributed by atoms with E-state index in [1.165, 1.54) is 28.6 Å². The molecule has 1 amide bonds. The molecule has 3 rings (SSSR count). The number of hydrogen-bond acceptors (Lipinski definition) is 6. The maximum atomic E-state index is 12.9. The van der Waals surface area contributed by atoms with Gasteiger partial charge in [-0.1, -0.05) is 12.5 Å². The molecule has 0 N–H and O–H groups in total. The van der Waals surface area contributed by atoms with E-state index < -0.39 is 16.0 Å². The molecule has 2 saturated heterocycles. The standard InChI is InChI=1S/C19H26N2O6S/c1-15-5-2-3-8-21(15)28(24,25)17-7-4-6-16(13-17)19(23)27-14-18(22)20-9-11-26-12-10-20/h4,6-7,13,15H,2-3,5,8-12,14H2,1H3/t15-/m1/s1. The number of esters is 1. The molecular formula is C19H26N2O6S. The zero-order valence-corrected chi connectivity index (χ0v) is 16.8. The monoisotopic (exact) mass is 410 g/mol. The molecule has 0 spiro atoms. The average molecular weight is 410 g/mol. The minimum atomic E-state index is -3.68. The Morgan fingerprint density at radius 1 is 1.18 bits per heavy atom. The molecule has 2 aliphatic heterocycles. The molecule has 0 aromatic heterocycles. The van der Waals surface area contributed by atoms with Gasteiger partial charge in [-0.25, -0.2) is 13.2 Å². The van der Waals surface area contributed by atoms with Crippen LogP contribution in [0.4, 0.5) is 0 Å². The number of sulfonamides is 1. The molecule has 0 unspecified atom stereocenters. The van der Waals surface area contributed by atoms with Crippen molar-refractivity contribution in [3.05, 3.63) is 29.8 Å². The van der Waals surface area contributed by atoms with Crippen LogP contribution in [0.1, 0.15) is 36.5 Å². The van der Waals surface area contributed by atoms with Crippen LogP contribution in [0.15, 0.2) is 29.2 Å². The molecule has 1 atom stereocenters. The molecular weight excluding hydrogens is 384 g/mol. The third kappa shape index (κ3) is 4.71. The van der Waals surface area contributed by atoms with E-state index in [0.717, 1.165) is 19.3 Å². The number of carbonyl (C=O) groups excluding carboxylic acids is 2. The Labute approximate surface area is 165 Å². The summed E-state index contributed by atoms with van der Waals surface area (Å²) in [5.74, 6) is -1.01. The lowest BCUT2D eigenvalue weighted by atomic mass is 10.1. The van der Waals surface area contributed by atoms with Gasteiger partial charge in [0.05, 0.1) is 23.7 Å². The number of carbonyl (C=O) groups is 2.